The second-order valence-corrected chi connectivity index (χ2v) is 5.62. The summed E-state index contributed by atoms with van der Waals surface area (Å²) in [5.74, 6) is -0.430. The minimum Gasteiger partial charge on any atom is -0.312 e. The second-order valence-electron chi connectivity index (χ2n) is 5.62. The zero-order valence-corrected chi connectivity index (χ0v) is 13.2. The predicted octanol–water partition coefficient (Wildman–Crippen LogP) is 3.62. The number of benzene rings is 1. The van der Waals surface area contributed by atoms with E-state index in [1.165, 1.54) is 6.08 Å². The fourth-order valence-corrected chi connectivity index (χ4v) is 2.18. The molecule has 0 N–H and O–H groups in total. The number of oxime groups is 1. The smallest absolute Gasteiger partial charge is 0.312 e. The van der Waals surface area contributed by atoms with E-state index in [9.17, 15) is 9.59 Å². The minimum atomic E-state index is -0.505. The fourth-order valence-electron chi connectivity index (χ4n) is 2.18. The summed E-state index contributed by atoms with van der Waals surface area (Å²) in [4.78, 5) is 29.0. The van der Waals surface area contributed by atoms with Gasteiger partial charge in [-0.2, -0.15) is 0 Å². The van der Waals surface area contributed by atoms with Crippen LogP contribution in [-0.4, -0.2) is 17.5 Å². The summed E-state index contributed by atoms with van der Waals surface area (Å²) in [5, 5.41) is 3.92. The van der Waals surface area contributed by atoms with Crippen molar-refractivity contribution in [2.75, 3.05) is 0 Å². The van der Waals surface area contributed by atoms with Gasteiger partial charge < -0.3 is 4.84 Å². The van der Waals surface area contributed by atoms with Gasteiger partial charge in [0.1, 0.15) is 5.71 Å². The average Bonchev–Trinajstić information content (AvgIpc) is 2.46. The highest BCUT2D eigenvalue weighted by atomic mass is 16.7. The summed E-state index contributed by atoms with van der Waals surface area (Å²) in [7, 11) is 0. The maximum absolute atomic E-state index is 12.1. The SMILES string of the molecule is CC1=CC(=O)C(C(C)C)=C/C1=N\OC(=O)c1ccccc1C. The predicted molar refractivity (Wildman–Crippen MR) is 85.7 cm³/mol. The van der Waals surface area contributed by atoms with Crippen LogP contribution in [-0.2, 0) is 9.63 Å². The molecule has 4 nitrogen and oxygen atoms in total. The third kappa shape index (κ3) is 3.39. The first-order valence-electron chi connectivity index (χ1n) is 7.19. The zero-order valence-electron chi connectivity index (χ0n) is 13.2. The summed E-state index contributed by atoms with van der Waals surface area (Å²) < 4.78 is 0. The van der Waals surface area contributed by atoms with Crippen LogP contribution in [0.2, 0.25) is 0 Å². The van der Waals surface area contributed by atoms with E-state index in [4.69, 9.17) is 4.84 Å². The normalized spacial score (nSPS) is 16.6. The molecule has 22 heavy (non-hydrogen) atoms. The number of carbonyl (C=O) groups excluding carboxylic acids is 2. The van der Waals surface area contributed by atoms with Crippen LogP contribution in [0, 0.1) is 12.8 Å². The summed E-state index contributed by atoms with van der Waals surface area (Å²) >= 11 is 0. The number of ketones is 1. The Labute approximate surface area is 130 Å². The third-order valence-electron chi connectivity index (χ3n) is 3.54. The maximum atomic E-state index is 12.1. The van der Waals surface area contributed by atoms with Gasteiger partial charge in [0, 0.05) is 5.57 Å². The molecule has 4 heteroatoms. The lowest BCUT2D eigenvalue weighted by Gasteiger charge is -2.14. The summed E-state index contributed by atoms with van der Waals surface area (Å²) in [6.45, 7) is 7.49. The largest absolute Gasteiger partial charge is 0.366 e. The summed E-state index contributed by atoms with van der Waals surface area (Å²) in [5.41, 5.74) is 3.17. The molecule has 0 amide bonds. The number of hydrogen-bond acceptors (Lipinski definition) is 4. The van der Waals surface area contributed by atoms with Crippen LogP contribution >= 0.6 is 0 Å². The van der Waals surface area contributed by atoms with Crippen LogP contribution in [0.15, 0.2) is 52.7 Å². The van der Waals surface area contributed by atoms with Crippen molar-refractivity contribution in [2.45, 2.75) is 27.7 Å². The first kappa shape index (κ1) is 15.9. The Hall–Kier alpha value is -2.49. The third-order valence-corrected chi connectivity index (χ3v) is 3.54. The molecule has 114 valence electrons. The molecule has 1 aromatic rings. The quantitative estimate of drug-likeness (QED) is 0.486. The molecule has 0 aliphatic heterocycles. The molecule has 1 aliphatic rings. The Kier molecular flexibility index (Phi) is 4.71. The van der Waals surface area contributed by atoms with Gasteiger partial charge in [0.15, 0.2) is 5.78 Å². The van der Waals surface area contributed by atoms with Gasteiger partial charge in [-0.3, -0.25) is 4.79 Å². The number of hydrogen-bond donors (Lipinski definition) is 0. The van der Waals surface area contributed by atoms with Gasteiger partial charge in [-0.25, -0.2) is 4.79 Å². The Morgan fingerprint density at radius 3 is 2.45 bits per heavy atom. The van der Waals surface area contributed by atoms with Crippen molar-refractivity contribution in [3.63, 3.8) is 0 Å². The van der Waals surface area contributed by atoms with Gasteiger partial charge in [-0.05, 0) is 49.1 Å². The van der Waals surface area contributed by atoms with E-state index in [0.29, 0.717) is 22.4 Å². The molecule has 0 saturated heterocycles. The fraction of sp³-hybridized carbons (Fsp3) is 0.278. The lowest BCUT2D eigenvalue weighted by Crippen LogP contribution is -2.16. The Morgan fingerprint density at radius 2 is 1.82 bits per heavy atom. The lowest BCUT2D eigenvalue weighted by molar-refractivity contribution is -0.111. The molecule has 0 fully saturated rings. The number of rotatable bonds is 3. The maximum Gasteiger partial charge on any atom is 0.366 e. The topological polar surface area (TPSA) is 55.7 Å². The van der Waals surface area contributed by atoms with E-state index < -0.39 is 5.97 Å². The molecule has 0 heterocycles. The molecule has 1 aromatic carbocycles. The lowest BCUT2D eigenvalue weighted by atomic mass is 9.90. The molecule has 0 bridgehead atoms. The highest BCUT2D eigenvalue weighted by Gasteiger charge is 2.19. The van der Waals surface area contributed by atoms with E-state index >= 15 is 0 Å². The molecule has 1 aliphatic carbocycles. The standard InChI is InChI=1S/C18H19NO3/c1-11(2)15-10-16(13(4)9-17(15)20)19-22-18(21)14-8-6-5-7-12(14)3/h5-11H,1-4H3/b19-16+. The van der Waals surface area contributed by atoms with Gasteiger partial charge in [0.2, 0.25) is 0 Å². The van der Waals surface area contributed by atoms with E-state index in [1.807, 2.05) is 32.9 Å². The van der Waals surface area contributed by atoms with Crippen LogP contribution in [0.25, 0.3) is 0 Å². The van der Waals surface area contributed by atoms with E-state index in [1.54, 1.807) is 25.1 Å². The molecule has 0 aromatic heterocycles. The van der Waals surface area contributed by atoms with Crippen molar-refractivity contribution >= 4 is 17.5 Å². The highest BCUT2D eigenvalue weighted by molar-refractivity contribution is 6.21. The average molecular weight is 297 g/mol. The first-order valence-corrected chi connectivity index (χ1v) is 7.19. The number of allylic oxidation sites excluding steroid dienone is 4. The van der Waals surface area contributed by atoms with E-state index in [0.717, 1.165) is 5.56 Å². The van der Waals surface area contributed by atoms with Gasteiger partial charge in [0.25, 0.3) is 0 Å². The number of nitrogens with zero attached hydrogens (tertiary/aromatic N) is 1. The molecule has 0 atom stereocenters. The Balaban J connectivity index is 2.22. The van der Waals surface area contributed by atoms with Crippen LogP contribution < -0.4 is 0 Å². The highest BCUT2D eigenvalue weighted by Crippen LogP contribution is 2.19. The minimum absolute atomic E-state index is 0.0170. The van der Waals surface area contributed by atoms with Crippen molar-refractivity contribution in [1.29, 1.82) is 0 Å². The molecular weight excluding hydrogens is 278 g/mol. The van der Waals surface area contributed by atoms with Crippen LogP contribution in [0.5, 0.6) is 0 Å². The van der Waals surface area contributed by atoms with Crippen LogP contribution in [0.4, 0.5) is 0 Å². The zero-order chi connectivity index (χ0) is 16.3. The van der Waals surface area contributed by atoms with Crippen molar-refractivity contribution < 1.29 is 14.4 Å². The summed E-state index contributed by atoms with van der Waals surface area (Å²) in [6.07, 6.45) is 3.21. The molecule has 0 radical (unpaired) electrons. The van der Waals surface area contributed by atoms with Crippen molar-refractivity contribution in [3.05, 3.63) is 58.7 Å². The van der Waals surface area contributed by atoms with Gasteiger partial charge in [-0.1, -0.05) is 37.2 Å². The Morgan fingerprint density at radius 1 is 1.14 bits per heavy atom. The van der Waals surface area contributed by atoms with Crippen molar-refractivity contribution in [1.82, 2.24) is 0 Å². The molecule has 2 rings (SSSR count). The van der Waals surface area contributed by atoms with Gasteiger partial charge >= 0.3 is 5.97 Å². The monoisotopic (exact) mass is 297 g/mol. The van der Waals surface area contributed by atoms with Crippen LogP contribution in [0.3, 0.4) is 0 Å². The second kappa shape index (κ2) is 6.52. The van der Waals surface area contributed by atoms with E-state index in [2.05, 4.69) is 5.16 Å². The van der Waals surface area contributed by atoms with Gasteiger partial charge in [-0.15, -0.1) is 0 Å². The van der Waals surface area contributed by atoms with E-state index in [-0.39, 0.29) is 11.7 Å². The molecule has 0 saturated carbocycles. The van der Waals surface area contributed by atoms with Gasteiger partial charge in [0.05, 0.1) is 5.56 Å². The molecule has 0 unspecified atom stereocenters. The summed E-state index contributed by atoms with van der Waals surface area (Å²) in [6, 6.07) is 7.17. The molecule has 0 spiro atoms. The Bertz CT molecular complexity index is 709. The first-order chi connectivity index (χ1) is 10.4. The molecular formula is C18H19NO3. The van der Waals surface area contributed by atoms with Crippen molar-refractivity contribution in [2.24, 2.45) is 11.1 Å². The van der Waals surface area contributed by atoms with Crippen LogP contribution in [0.1, 0.15) is 36.7 Å². The number of aryl methyl sites for hydroxylation is 1. The van der Waals surface area contributed by atoms with Crippen molar-refractivity contribution in [3.8, 4) is 0 Å². The number of carbonyl (C=O) groups is 2.